The van der Waals surface area contributed by atoms with Crippen LogP contribution in [-0.4, -0.2) is 66.2 Å². The first-order chi connectivity index (χ1) is 21.8. The Labute approximate surface area is 279 Å². The van der Waals surface area contributed by atoms with Crippen LogP contribution >= 0.6 is 0 Å². The molecule has 0 aromatic heterocycles. The van der Waals surface area contributed by atoms with Crippen LogP contribution in [0, 0.1) is 45.3 Å². The number of aliphatic hydroxyl groups is 1. The van der Waals surface area contributed by atoms with Crippen LogP contribution < -0.4 is 0 Å². The number of hydrogen-bond acceptors (Lipinski definition) is 9. The zero-order chi connectivity index (χ0) is 34.6. The minimum absolute atomic E-state index is 0.00580. The maximum Gasteiger partial charge on any atom is 0.333 e. The van der Waals surface area contributed by atoms with Crippen LogP contribution in [0.2, 0.25) is 0 Å². The number of epoxide rings is 1. The number of fused-ring (bicyclic) bond motifs is 5. The lowest BCUT2D eigenvalue weighted by atomic mass is 9.37. The average molecular weight is 655 g/mol. The predicted molar refractivity (Wildman–Crippen MR) is 174 cm³/mol. The number of aliphatic hydroxyl groups excluding tert-OH is 1. The summed E-state index contributed by atoms with van der Waals surface area (Å²) in [6.07, 6.45) is 6.04. The molecule has 260 valence electrons. The molecule has 0 bridgehead atoms. The monoisotopic (exact) mass is 654 g/mol. The lowest BCUT2D eigenvalue weighted by molar-refractivity contribution is -0.226. The topological polar surface area (TPSA) is 121 Å². The van der Waals surface area contributed by atoms with Gasteiger partial charge in [0.25, 0.3) is 0 Å². The van der Waals surface area contributed by atoms with E-state index in [0.717, 1.165) is 18.4 Å². The van der Waals surface area contributed by atoms with Crippen molar-refractivity contribution in [3.63, 3.8) is 0 Å². The molecule has 0 amide bonds. The van der Waals surface area contributed by atoms with Gasteiger partial charge in [-0.1, -0.05) is 52.3 Å². The third-order valence-electron chi connectivity index (χ3n) is 13.7. The maximum absolute atomic E-state index is 14.3. The highest BCUT2D eigenvalue weighted by atomic mass is 16.7. The summed E-state index contributed by atoms with van der Waals surface area (Å²) in [4.78, 5) is 40.8. The van der Waals surface area contributed by atoms with Crippen molar-refractivity contribution in [2.45, 2.75) is 131 Å². The van der Waals surface area contributed by atoms with Crippen LogP contribution in [0.3, 0.4) is 0 Å². The summed E-state index contributed by atoms with van der Waals surface area (Å²) in [6.45, 7) is 19.3. The van der Waals surface area contributed by atoms with Crippen LogP contribution in [-0.2, 0) is 38.1 Å². The number of allylic oxidation sites excluding steroid dienone is 4. The second-order valence-corrected chi connectivity index (χ2v) is 16.9. The van der Waals surface area contributed by atoms with Crippen molar-refractivity contribution in [2.75, 3.05) is 7.11 Å². The second kappa shape index (κ2) is 11.0. The SMILES string of the molecule is CC=C(C)C(=O)OC1CC2(C)C(=CCC2C2CC(C3OC3(C)C)OC2OC)C2(C)C(OC(C)=O)CC3C(C)(C)C(O)=CC(=O)C3(C)C12. The molecular formula is C38H54O9. The van der Waals surface area contributed by atoms with E-state index in [1.165, 1.54) is 13.0 Å². The Morgan fingerprint density at radius 3 is 2.26 bits per heavy atom. The van der Waals surface area contributed by atoms with Crippen molar-refractivity contribution in [2.24, 2.45) is 45.3 Å². The van der Waals surface area contributed by atoms with Crippen molar-refractivity contribution in [1.82, 2.24) is 0 Å². The predicted octanol–water partition coefficient (Wildman–Crippen LogP) is 6.41. The Hall–Kier alpha value is -2.49. The van der Waals surface area contributed by atoms with Gasteiger partial charge in [0.05, 0.1) is 11.7 Å². The van der Waals surface area contributed by atoms with Crippen LogP contribution in [0.5, 0.6) is 0 Å². The molecule has 4 fully saturated rings. The lowest BCUT2D eigenvalue weighted by Crippen LogP contribution is -2.70. The molecular weight excluding hydrogens is 600 g/mol. The molecule has 12 unspecified atom stereocenters. The number of rotatable bonds is 6. The molecule has 6 aliphatic rings. The van der Waals surface area contributed by atoms with Crippen molar-refractivity contribution in [3.05, 3.63) is 35.1 Å². The Kier molecular flexibility index (Phi) is 8.05. The summed E-state index contributed by atoms with van der Waals surface area (Å²) in [5, 5.41) is 11.1. The van der Waals surface area contributed by atoms with Gasteiger partial charge in [-0.25, -0.2) is 4.79 Å². The van der Waals surface area contributed by atoms with E-state index in [0.29, 0.717) is 18.4 Å². The van der Waals surface area contributed by atoms with Crippen molar-refractivity contribution < 1.29 is 43.2 Å². The molecule has 47 heavy (non-hydrogen) atoms. The first-order valence-electron chi connectivity index (χ1n) is 17.3. The van der Waals surface area contributed by atoms with E-state index in [1.807, 2.05) is 20.8 Å². The Morgan fingerprint density at radius 2 is 1.68 bits per heavy atom. The molecule has 0 spiro atoms. The number of ether oxygens (including phenoxy) is 5. The lowest BCUT2D eigenvalue weighted by Gasteiger charge is -2.67. The quantitative estimate of drug-likeness (QED) is 0.150. The molecule has 0 radical (unpaired) electrons. The van der Waals surface area contributed by atoms with Gasteiger partial charge in [0.1, 0.15) is 24.1 Å². The van der Waals surface area contributed by atoms with E-state index in [1.54, 1.807) is 27.0 Å². The van der Waals surface area contributed by atoms with Gasteiger partial charge in [0.15, 0.2) is 12.1 Å². The smallest absolute Gasteiger partial charge is 0.333 e. The molecule has 9 heteroatoms. The minimum atomic E-state index is -1.01. The van der Waals surface area contributed by atoms with Crippen molar-refractivity contribution in [1.29, 1.82) is 0 Å². The van der Waals surface area contributed by atoms with E-state index >= 15 is 0 Å². The molecule has 0 aromatic rings. The van der Waals surface area contributed by atoms with E-state index in [2.05, 4.69) is 33.8 Å². The molecule has 2 heterocycles. The maximum atomic E-state index is 14.3. The van der Waals surface area contributed by atoms with E-state index < -0.39 is 58.0 Å². The number of carbonyl (C=O) groups is 3. The van der Waals surface area contributed by atoms with Crippen LogP contribution in [0.15, 0.2) is 35.1 Å². The number of esters is 2. The first kappa shape index (κ1) is 34.4. The van der Waals surface area contributed by atoms with Crippen LogP contribution in [0.25, 0.3) is 0 Å². The zero-order valence-corrected chi connectivity index (χ0v) is 30.0. The number of carbonyl (C=O) groups excluding carboxylic acids is 3. The normalized spacial score (nSPS) is 46.4. The molecule has 4 aliphatic carbocycles. The molecule has 6 rings (SSSR count). The highest BCUT2D eigenvalue weighted by Crippen LogP contribution is 2.73. The molecule has 1 N–H and O–H groups in total. The summed E-state index contributed by atoms with van der Waals surface area (Å²) in [5.74, 6) is -1.74. The van der Waals surface area contributed by atoms with Gasteiger partial charge in [-0.15, -0.1) is 0 Å². The third-order valence-corrected chi connectivity index (χ3v) is 13.7. The zero-order valence-electron chi connectivity index (χ0n) is 30.0. The summed E-state index contributed by atoms with van der Waals surface area (Å²) < 4.78 is 31.3. The first-order valence-corrected chi connectivity index (χ1v) is 17.3. The standard InChI is InChI=1S/C38H54O9/c1-12-19(2)32(42)45-24-18-36(8)22(21-15-23(46-33(21)43-11)31-35(6,7)47-31)13-14-25(36)38(10)29(44-20(3)39)16-26-34(4,5)27(40)17-28(41)37(26,9)30(24)38/h12,14,17,21-24,26,29-31,33,40H,13,15-16,18H2,1-11H3. The molecule has 2 aliphatic heterocycles. The Balaban J connectivity index is 1.49. The van der Waals surface area contributed by atoms with Gasteiger partial charge in [0.2, 0.25) is 0 Å². The van der Waals surface area contributed by atoms with Crippen molar-refractivity contribution >= 4 is 17.7 Å². The molecule has 0 aromatic carbocycles. The second-order valence-electron chi connectivity index (χ2n) is 16.9. The van der Waals surface area contributed by atoms with Gasteiger partial charge in [-0.05, 0) is 70.6 Å². The molecule has 9 nitrogen and oxygen atoms in total. The number of ketones is 1. The van der Waals surface area contributed by atoms with Crippen LogP contribution in [0.4, 0.5) is 0 Å². The summed E-state index contributed by atoms with van der Waals surface area (Å²) in [5.41, 5.74) is -1.71. The fraction of sp³-hybridized carbons (Fsp3) is 0.763. The summed E-state index contributed by atoms with van der Waals surface area (Å²) >= 11 is 0. The largest absolute Gasteiger partial charge is 0.512 e. The van der Waals surface area contributed by atoms with Gasteiger partial charge >= 0.3 is 11.9 Å². The Bertz CT molecular complexity index is 1450. The van der Waals surface area contributed by atoms with Gasteiger partial charge in [-0.3, -0.25) is 9.59 Å². The third kappa shape index (κ3) is 4.84. The number of hydrogen-bond donors (Lipinski definition) is 1. The number of methoxy groups -OCH3 is 1. The summed E-state index contributed by atoms with van der Waals surface area (Å²) in [7, 11) is 1.69. The molecule has 2 saturated carbocycles. The van der Waals surface area contributed by atoms with Crippen molar-refractivity contribution in [3.8, 4) is 0 Å². The Morgan fingerprint density at radius 1 is 1.02 bits per heavy atom. The van der Waals surface area contributed by atoms with Gasteiger partial charge < -0.3 is 28.8 Å². The van der Waals surface area contributed by atoms with E-state index in [4.69, 9.17) is 23.7 Å². The highest BCUT2D eigenvalue weighted by Gasteiger charge is 2.74. The molecule has 2 saturated heterocycles. The molecule has 12 atom stereocenters. The van der Waals surface area contributed by atoms with E-state index in [9.17, 15) is 19.5 Å². The minimum Gasteiger partial charge on any atom is -0.512 e. The van der Waals surface area contributed by atoms with Gasteiger partial charge in [0, 0.05) is 53.8 Å². The fourth-order valence-corrected chi connectivity index (χ4v) is 11.2. The van der Waals surface area contributed by atoms with E-state index in [-0.39, 0.29) is 47.1 Å². The van der Waals surface area contributed by atoms with Crippen LogP contribution in [0.1, 0.15) is 94.9 Å². The summed E-state index contributed by atoms with van der Waals surface area (Å²) in [6, 6.07) is 0. The fourth-order valence-electron chi connectivity index (χ4n) is 11.2. The average Bonchev–Trinajstić information content (AvgIpc) is 3.26. The highest BCUT2D eigenvalue weighted by molar-refractivity contribution is 5.97. The van der Waals surface area contributed by atoms with Gasteiger partial charge in [-0.2, -0.15) is 0 Å².